The van der Waals surface area contributed by atoms with Crippen molar-refractivity contribution in [2.75, 3.05) is 39.5 Å². The number of piperidine rings is 1. The highest BCUT2D eigenvalue weighted by Crippen LogP contribution is 2.40. The van der Waals surface area contributed by atoms with Gasteiger partial charge in [0.2, 0.25) is 11.8 Å². The molecule has 0 amide bonds. The van der Waals surface area contributed by atoms with Crippen LogP contribution in [0.5, 0.6) is 11.6 Å². The van der Waals surface area contributed by atoms with Crippen molar-refractivity contribution in [1.29, 1.82) is 0 Å². The van der Waals surface area contributed by atoms with Crippen molar-refractivity contribution >= 4 is 23.1 Å². The van der Waals surface area contributed by atoms with Gasteiger partial charge in [0, 0.05) is 18.8 Å². The number of β-amino-alcohol motifs (C(OH)–C–C–N with tert-alkyl or cyclic N) is 1. The molecule has 0 aliphatic carbocycles. The quantitative estimate of drug-likeness (QED) is 0.586. The van der Waals surface area contributed by atoms with Crippen LogP contribution < -0.4 is 9.47 Å². The van der Waals surface area contributed by atoms with Crippen LogP contribution in [0.1, 0.15) is 25.3 Å². The SMILES string of the molecule is CCOC1=Nc2cccc(OCC(O)CN3CCC(COc4ccccn4)CC3)c2C1=C=O. The lowest BCUT2D eigenvalue weighted by molar-refractivity contribution is 0.0500. The van der Waals surface area contributed by atoms with E-state index in [1.54, 1.807) is 24.4 Å². The Balaban J connectivity index is 1.23. The molecule has 33 heavy (non-hydrogen) atoms. The van der Waals surface area contributed by atoms with E-state index < -0.39 is 6.10 Å². The van der Waals surface area contributed by atoms with Crippen molar-refractivity contribution < 1.29 is 24.1 Å². The summed E-state index contributed by atoms with van der Waals surface area (Å²) in [5, 5.41) is 10.6. The number of aliphatic imine (C=N–C) groups is 1. The Morgan fingerprint density at radius 1 is 1.15 bits per heavy atom. The van der Waals surface area contributed by atoms with E-state index in [2.05, 4.69) is 14.9 Å². The summed E-state index contributed by atoms with van der Waals surface area (Å²) in [5.41, 5.74) is 1.43. The van der Waals surface area contributed by atoms with Gasteiger partial charge >= 0.3 is 0 Å². The lowest BCUT2D eigenvalue weighted by Gasteiger charge is -2.32. The molecule has 1 atom stereocenters. The number of rotatable bonds is 9. The monoisotopic (exact) mass is 451 g/mol. The largest absolute Gasteiger partial charge is 0.490 e. The summed E-state index contributed by atoms with van der Waals surface area (Å²) in [7, 11) is 0. The predicted molar refractivity (Wildman–Crippen MR) is 125 cm³/mol. The zero-order valence-corrected chi connectivity index (χ0v) is 18.8. The van der Waals surface area contributed by atoms with Crippen LogP contribution in [0.2, 0.25) is 0 Å². The molecule has 0 spiro atoms. The maximum atomic E-state index is 11.5. The van der Waals surface area contributed by atoms with Gasteiger partial charge in [0.05, 0.1) is 24.5 Å². The summed E-state index contributed by atoms with van der Waals surface area (Å²) in [6.45, 7) is 5.34. The van der Waals surface area contributed by atoms with Crippen molar-refractivity contribution in [2.24, 2.45) is 10.9 Å². The fourth-order valence-corrected chi connectivity index (χ4v) is 4.10. The first kappa shape index (κ1) is 23.0. The minimum atomic E-state index is -0.653. The molecule has 0 radical (unpaired) electrons. The number of hydrogen-bond donors (Lipinski definition) is 1. The first-order valence-corrected chi connectivity index (χ1v) is 11.3. The highest BCUT2D eigenvalue weighted by atomic mass is 16.5. The maximum Gasteiger partial charge on any atom is 0.233 e. The number of carbonyl (C=O) groups excluding carboxylic acids is 1. The van der Waals surface area contributed by atoms with E-state index in [1.165, 1.54) is 0 Å². The normalized spacial score (nSPS) is 17.2. The summed E-state index contributed by atoms with van der Waals surface area (Å²) >= 11 is 0. The Morgan fingerprint density at radius 2 is 2.00 bits per heavy atom. The smallest absolute Gasteiger partial charge is 0.233 e. The lowest BCUT2D eigenvalue weighted by atomic mass is 9.97. The van der Waals surface area contributed by atoms with E-state index in [-0.39, 0.29) is 18.1 Å². The molecule has 2 aromatic rings. The zero-order chi connectivity index (χ0) is 23.0. The van der Waals surface area contributed by atoms with Gasteiger partial charge < -0.3 is 24.2 Å². The number of aliphatic hydroxyl groups is 1. The van der Waals surface area contributed by atoms with Gasteiger partial charge in [-0.1, -0.05) is 12.1 Å². The van der Waals surface area contributed by atoms with E-state index in [9.17, 15) is 9.90 Å². The predicted octanol–water partition coefficient (Wildman–Crippen LogP) is 2.91. The van der Waals surface area contributed by atoms with Crippen molar-refractivity contribution in [3.63, 3.8) is 0 Å². The number of fused-ring (bicyclic) bond motifs is 1. The first-order valence-electron chi connectivity index (χ1n) is 11.3. The van der Waals surface area contributed by atoms with Gasteiger partial charge in [0.15, 0.2) is 0 Å². The third kappa shape index (κ3) is 5.79. The second kappa shape index (κ2) is 11.1. The Morgan fingerprint density at radius 3 is 2.73 bits per heavy atom. The fourth-order valence-electron chi connectivity index (χ4n) is 4.10. The molecule has 0 saturated carbocycles. The molecular formula is C25H29N3O5. The van der Waals surface area contributed by atoms with Gasteiger partial charge in [-0.15, -0.1) is 0 Å². The topological polar surface area (TPSA) is 93.5 Å². The molecule has 2 aliphatic heterocycles. The van der Waals surface area contributed by atoms with E-state index >= 15 is 0 Å². The molecule has 1 unspecified atom stereocenters. The number of aliphatic hydroxyl groups excluding tert-OH is 1. The van der Waals surface area contributed by atoms with Crippen LogP contribution in [0, 0.1) is 5.92 Å². The number of nitrogens with zero attached hydrogens (tertiary/aromatic N) is 3. The van der Waals surface area contributed by atoms with Crippen molar-refractivity contribution in [3.8, 4) is 11.6 Å². The molecule has 4 rings (SSSR count). The molecule has 8 nitrogen and oxygen atoms in total. The van der Waals surface area contributed by atoms with Gasteiger partial charge in [0.1, 0.15) is 30.0 Å². The van der Waals surface area contributed by atoms with Gasteiger partial charge in [-0.2, -0.15) is 0 Å². The van der Waals surface area contributed by atoms with E-state index in [0.29, 0.717) is 48.6 Å². The van der Waals surface area contributed by atoms with Crippen LogP contribution in [-0.2, 0) is 9.53 Å². The molecular weight excluding hydrogens is 422 g/mol. The van der Waals surface area contributed by atoms with E-state index in [0.717, 1.165) is 25.9 Å². The molecule has 3 heterocycles. The van der Waals surface area contributed by atoms with Crippen LogP contribution in [0.4, 0.5) is 5.69 Å². The number of likely N-dealkylation sites (tertiary alicyclic amines) is 1. The van der Waals surface area contributed by atoms with Gasteiger partial charge in [-0.25, -0.2) is 14.8 Å². The first-order chi connectivity index (χ1) is 16.2. The second-order valence-corrected chi connectivity index (χ2v) is 8.17. The number of pyridine rings is 1. The van der Waals surface area contributed by atoms with Crippen LogP contribution >= 0.6 is 0 Å². The highest BCUT2D eigenvalue weighted by Gasteiger charge is 2.28. The van der Waals surface area contributed by atoms with Crippen LogP contribution in [0.15, 0.2) is 47.6 Å². The Hall–Kier alpha value is -3.19. The molecule has 174 valence electrons. The van der Waals surface area contributed by atoms with E-state index in [4.69, 9.17) is 14.2 Å². The minimum Gasteiger partial charge on any atom is -0.490 e. The molecule has 1 fully saturated rings. The standard InChI is InChI=1S/C25H29N3O5/c1-2-31-25-20(15-29)24-21(27-25)6-5-7-22(24)32-17-19(30)14-28-12-9-18(10-13-28)16-33-23-8-3-4-11-26-23/h3-8,11,18-19,30H,2,9-10,12-14,16-17H2,1H3. The summed E-state index contributed by atoms with van der Waals surface area (Å²) in [6.07, 6.45) is 3.10. The van der Waals surface area contributed by atoms with Gasteiger partial charge in [0.25, 0.3) is 0 Å². The lowest BCUT2D eigenvalue weighted by Crippen LogP contribution is -2.41. The molecule has 1 aromatic heterocycles. The number of ether oxygens (including phenoxy) is 3. The van der Waals surface area contributed by atoms with Crippen LogP contribution in [0.25, 0.3) is 5.57 Å². The average molecular weight is 452 g/mol. The van der Waals surface area contributed by atoms with Crippen molar-refractivity contribution in [1.82, 2.24) is 9.88 Å². The molecule has 1 saturated heterocycles. The van der Waals surface area contributed by atoms with Crippen molar-refractivity contribution in [2.45, 2.75) is 25.9 Å². The number of hydrogen-bond acceptors (Lipinski definition) is 8. The average Bonchev–Trinajstić information content (AvgIpc) is 3.21. The summed E-state index contributed by atoms with van der Waals surface area (Å²) in [5.74, 6) is 3.81. The molecule has 8 heteroatoms. The molecule has 0 bridgehead atoms. The third-order valence-corrected chi connectivity index (χ3v) is 5.79. The molecule has 2 aliphatic rings. The summed E-state index contributed by atoms with van der Waals surface area (Å²) in [4.78, 5) is 22.3. The maximum absolute atomic E-state index is 11.5. The van der Waals surface area contributed by atoms with Gasteiger partial charge in [-0.3, -0.25) is 0 Å². The highest BCUT2D eigenvalue weighted by molar-refractivity contribution is 6.32. The molecule has 1 aromatic carbocycles. The van der Waals surface area contributed by atoms with Gasteiger partial charge in [-0.05, 0) is 57.0 Å². The van der Waals surface area contributed by atoms with Crippen LogP contribution in [-0.4, -0.2) is 72.4 Å². The molecule has 1 N–H and O–H groups in total. The Kier molecular flexibility index (Phi) is 7.73. The van der Waals surface area contributed by atoms with Crippen molar-refractivity contribution in [3.05, 3.63) is 48.2 Å². The van der Waals surface area contributed by atoms with E-state index in [1.807, 2.05) is 31.1 Å². The summed E-state index contributed by atoms with van der Waals surface area (Å²) < 4.78 is 17.1. The minimum absolute atomic E-state index is 0.120. The fraction of sp³-hybridized carbons (Fsp3) is 0.440. The summed E-state index contributed by atoms with van der Waals surface area (Å²) in [6, 6.07) is 11.0. The Bertz CT molecular complexity index is 1010. The number of aromatic nitrogens is 1. The van der Waals surface area contributed by atoms with Crippen LogP contribution in [0.3, 0.4) is 0 Å². The third-order valence-electron chi connectivity index (χ3n) is 5.79. The Labute approximate surface area is 193 Å². The zero-order valence-electron chi connectivity index (χ0n) is 18.8. The number of benzene rings is 1. The second-order valence-electron chi connectivity index (χ2n) is 8.17.